The topological polar surface area (TPSA) is 66.8 Å². The fourth-order valence-corrected chi connectivity index (χ4v) is 4.89. The van der Waals surface area contributed by atoms with E-state index in [0.29, 0.717) is 10.6 Å². The van der Waals surface area contributed by atoms with E-state index in [0.717, 1.165) is 5.56 Å². The molecule has 0 radical (unpaired) electrons. The highest BCUT2D eigenvalue weighted by Crippen LogP contribution is 2.45. The maximum Gasteiger partial charge on any atom is 0.300 e. The van der Waals surface area contributed by atoms with E-state index in [9.17, 15) is 19.1 Å². The van der Waals surface area contributed by atoms with Crippen molar-refractivity contribution in [3.05, 3.63) is 86.3 Å². The molecule has 1 N–H and O–H groups in total. The second-order valence-corrected chi connectivity index (χ2v) is 8.32. The number of ether oxygens (including phenoxy) is 1. The number of anilines is 1. The zero-order chi connectivity index (χ0) is 22.3. The highest BCUT2D eigenvalue weighted by atomic mass is 35.5. The first kappa shape index (κ1) is 21.1. The van der Waals surface area contributed by atoms with Crippen LogP contribution in [-0.2, 0) is 9.59 Å². The third-order valence-corrected chi connectivity index (χ3v) is 6.47. The molecule has 1 aliphatic heterocycles. The van der Waals surface area contributed by atoms with E-state index in [1.807, 2.05) is 18.4 Å². The van der Waals surface area contributed by atoms with Crippen molar-refractivity contribution in [1.82, 2.24) is 0 Å². The second kappa shape index (κ2) is 8.17. The number of aliphatic hydroxyl groups excluding tert-OH is 1. The average Bonchev–Trinajstić information content (AvgIpc) is 3.28. The third kappa shape index (κ3) is 3.60. The maximum absolute atomic E-state index is 13.9. The number of ketones is 1. The minimum absolute atomic E-state index is 0.0824. The summed E-state index contributed by atoms with van der Waals surface area (Å²) in [5.41, 5.74) is 1.26. The fourth-order valence-electron chi connectivity index (χ4n) is 3.61. The summed E-state index contributed by atoms with van der Waals surface area (Å²) in [6.07, 6.45) is 0. The van der Waals surface area contributed by atoms with Crippen LogP contribution in [0.4, 0.5) is 10.1 Å². The molecule has 1 aromatic heterocycles. The lowest BCUT2D eigenvalue weighted by atomic mass is 9.98. The van der Waals surface area contributed by atoms with Crippen LogP contribution in [0.5, 0.6) is 5.75 Å². The standard InChI is InChI=1S/C23H17ClFNO4S/c1-12-8-9-31-22(12)19-18(20(27)13-6-7-17(30-2)16(24)10-13)21(28)23(29)26(19)15-5-3-4-14(25)11-15/h3-11,19,27H,1-2H3/b20-18-. The van der Waals surface area contributed by atoms with E-state index in [-0.39, 0.29) is 27.6 Å². The van der Waals surface area contributed by atoms with Gasteiger partial charge in [-0.2, -0.15) is 0 Å². The highest BCUT2D eigenvalue weighted by molar-refractivity contribution is 7.10. The summed E-state index contributed by atoms with van der Waals surface area (Å²) in [4.78, 5) is 28.0. The Hall–Kier alpha value is -3.16. The summed E-state index contributed by atoms with van der Waals surface area (Å²) in [6.45, 7) is 1.85. The number of carbonyl (C=O) groups is 2. The van der Waals surface area contributed by atoms with Gasteiger partial charge in [0.2, 0.25) is 0 Å². The number of methoxy groups -OCH3 is 1. The number of hydrogen-bond donors (Lipinski definition) is 1. The molecule has 4 rings (SSSR count). The van der Waals surface area contributed by atoms with Gasteiger partial charge in [-0.3, -0.25) is 14.5 Å². The van der Waals surface area contributed by atoms with Crippen LogP contribution in [0.3, 0.4) is 0 Å². The van der Waals surface area contributed by atoms with Crippen molar-refractivity contribution in [1.29, 1.82) is 0 Å². The van der Waals surface area contributed by atoms with Gasteiger partial charge in [-0.1, -0.05) is 17.7 Å². The SMILES string of the molecule is COc1ccc(/C(O)=C2/C(=O)C(=O)N(c3cccc(F)c3)C2c2sccc2C)cc1Cl. The van der Waals surface area contributed by atoms with Gasteiger partial charge in [0.1, 0.15) is 23.4 Å². The normalized spacial score (nSPS) is 17.9. The lowest BCUT2D eigenvalue weighted by Crippen LogP contribution is -2.29. The number of halogens is 2. The van der Waals surface area contributed by atoms with Gasteiger partial charge < -0.3 is 9.84 Å². The van der Waals surface area contributed by atoms with Crippen LogP contribution in [0.15, 0.2) is 59.5 Å². The zero-order valence-corrected chi connectivity index (χ0v) is 18.1. The van der Waals surface area contributed by atoms with E-state index >= 15 is 0 Å². The van der Waals surface area contributed by atoms with E-state index in [1.165, 1.54) is 47.6 Å². The van der Waals surface area contributed by atoms with Crippen molar-refractivity contribution >= 4 is 46.1 Å². The quantitative estimate of drug-likeness (QED) is 0.320. The Balaban J connectivity index is 1.95. The summed E-state index contributed by atoms with van der Waals surface area (Å²) in [6, 6.07) is 11.0. The fraction of sp³-hybridized carbons (Fsp3) is 0.130. The summed E-state index contributed by atoms with van der Waals surface area (Å²) >= 11 is 7.54. The first-order chi connectivity index (χ1) is 14.8. The predicted octanol–water partition coefficient (Wildman–Crippen LogP) is 5.48. The molecule has 158 valence electrons. The molecular weight excluding hydrogens is 441 g/mol. The number of aliphatic hydroxyl groups is 1. The van der Waals surface area contributed by atoms with Crippen LogP contribution in [0.2, 0.25) is 5.02 Å². The van der Waals surface area contributed by atoms with Crippen LogP contribution in [0, 0.1) is 12.7 Å². The Morgan fingerprint density at radius 2 is 1.97 bits per heavy atom. The van der Waals surface area contributed by atoms with Gasteiger partial charge >= 0.3 is 0 Å². The number of rotatable bonds is 4. The molecule has 1 amide bonds. The van der Waals surface area contributed by atoms with Crippen molar-refractivity contribution < 1.29 is 23.8 Å². The molecule has 1 unspecified atom stereocenters. The Kier molecular flexibility index (Phi) is 5.56. The molecule has 1 atom stereocenters. The Morgan fingerprint density at radius 1 is 1.19 bits per heavy atom. The van der Waals surface area contributed by atoms with Crippen molar-refractivity contribution in [2.45, 2.75) is 13.0 Å². The minimum atomic E-state index is -0.900. The molecule has 3 aromatic rings. The first-order valence-corrected chi connectivity index (χ1v) is 10.5. The zero-order valence-electron chi connectivity index (χ0n) is 16.6. The monoisotopic (exact) mass is 457 g/mol. The number of benzene rings is 2. The second-order valence-electron chi connectivity index (χ2n) is 6.97. The van der Waals surface area contributed by atoms with E-state index in [1.54, 1.807) is 18.2 Å². The van der Waals surface area contributed by atoms with Gasteiger partial charge in [-0.05, 0) is 60.3 Å². The molecule has 0 saturated carbocycles. The number of amides is 1. The van der Waals surface area contributed by atoms with Crippen LogP contribution in [0.1, 0.15) is 22.0 Å². The van der Waals surface area contributed by atoms with Crippen molar-refractivity contribution in [3.8, 4) is 5.75 Å². The summed E-state index contributed by atoms with van der Waals surface area (Å²) in [5, 5.41) is 13.2. The molecule has 31 heavy (non-hydrogen) atoms. The molecule has 1 fully saturated rings. The van der Waals surface area contributed by atoms with Gasteiger partial charge in [0.25, 0.3) is 11.7 Å². The molecule has 0 spiro atoms. The number of thiophene rings is 1. The molecule has 5 nitrogen and oxygen atoms in total. The van der Waals surface area contributed by atoms with Crippen LogP contribution in [0.25, 0.3) is 5.76 Å². The molecule has 0 bridgehead atoms. The van der Waals surface area contributed by atoms with Crippen LogP contribution >= 0.6 is 22.9 Å². The van der Waals surface area contributed by atoms with Gasteiger partial charge in [-0.15, -0.1) is 11.3 Å². The van der Waals surface area contributed by atoms with Crippen LogP contribution in [-0.4, -0.2) is 23.9 Å². The number of hydrogen-bond acceptors (Lipinski definition) is 5. The molecule has 8 heteroatoms. The van der Waals surface area contributed by atoms with Crippen molar-refractivity contribution in [3.63, 3.8) is 0 Å². The Bertz CT molecular complexity index is 1240. The Morgan fingerprint density at radius 3 is 2.58 bits per heavy atom. The molecule has 2 heterocycles. The van der Waals surface area contributed by atoms with Crippen molar-refractivity contribution in [2.75, 3.05) is 12.0 Å². The van der Waals surface area contributed by atoms with Crippen LogP contribution < -0.4 is 9.64 Å². The molecular formula is C23H17ClFNO4S. The number of nitrogens with zero attached hydrogens (tertiary/aromatic N) is 1. The van der Waals surface area contributed by atoms with E-state index < -0.39 is 23.5 Å². The Labute approximate surface area is 187 Å². The lowest BCUT2D eigenvalue weighted by molar-refractivity contribution is -0.132. The smallest absolute Gasteiger partial charge is 0.300 e. The molecule has 1 aliphatic rings. The first-order valence-electron chi connectivity index (χ1n) is 9.28. The third-order valence-electron chi connectivity index (χ3n) is 5.11. The van der Waals surface area contributed by atoms with Gasteiger partial charge in [0.05, 0.1) is 17.7 Å². The van der Waals surface area contributed by atoms with Gasteiger partial charge in [0, 0.05) is 16.1 Å². The number of aryl methyl sites for hydroxylation is 1. The van der Waals surface area contributed by atoms with E-state index in [4.69, 9.17) is 16.3 Å². The van der Waals surface area contributed by atoms with Crippen molar-refractivity contribution in [2.24, 2.45) is 0 Å². The minimum Gasteiger partial charge on any atom is -0.507 e. The summed E-state index contributed by atoms with van der Waals surface area (Å²) < 4.78 is 19.1. The lowest BCUT2D eigenvalue weighted by Gasteiger charge is -2.25. The summed E-state index contributed by atoms with van der Waals surface area (Å²) in [7, 11) is 1.46. The summed E-state index contributed by atoms with van der Waals surface area (Å²) in [5.74, 6) is -2.19. The molecule has 2 aromatic carbocycles. The molecule has 1 saturated heterocycles. The largest absolute Gasteiger partial charge is 0.507 e. The highest BCUT2D eigenvalue weighted by Gasteiger charge is 2.48. The predicted molar refractivity (Wildman–Crippen MR) is 118 cm³/mol. The van der Waals surface area contributed by atoms with Gasteiger partial charge in [0.15, 0.2) is 0 Å². The maximum atomic E-state index is 13.9. The van der Waals surface area contributed by atoms with Gasteiger partial charge in [-0.25, -0.2) is 4.39 Å². The number of Topliss-reactive ketones (excluding diaryl/α,β-unsaturated/α-hetero) is 1. The molecule has 0 aliphatic carbocycles. The average molecular weight is 458 g/mol. The van der Waals surface area contributed by atoms with E-state index in [2.05, 4.69) is 0 Å². The number of carbonyl (C=O) groups excluding carboxylic acids is 2.